The highest BCUT2D eigenvalue weighted by Crippen LogP contribution is 2.15. The molecule has 0 saturated carbocycles. The van der Waals surface area contributed by atoms with Gasteiger partial charge in [0.2, 0.25) is 0 Å². The zero-order chi connectivity index (χ0) is 19.1. The quantitative estimate of drug-likeness (QED) is 0.739. The van der Waals surface area contributed by atoms with Gasteiger partial charge in [-0.2, -0.15) is 0 Å². The fourth-order valence-corrected chi connectivity index (χ4v) is 3.47. The summed E-state index contributed by atoms with van der Waals surface area (Å²) < 4.78 is 1.03. The molecule has 2 N–H and O–H groups in total. The topological polar surface area (TPSA) is 47.6 Å². The third-order valence-corrected chi connectivity index (χ3v) is 5.44. The van der Waals surface area contributed by atoms with Gasteiger partial charge in [0.1, 0.15) is 0 Å². The number of halogens is 1. The van der Waals surface area contributed by atoms with Crippen LogP contribution in [0.2, 0.25) is 0 Å². The molecule has 0 spiro atoms. The summed E-state index contributed by atoms with van der Waals surface area (Å²) in [6.45, 7) is 5.53. The van der Waals surface area contributed by atoms with Gasteiger partial charge in [0.05, 0.1) is 6.04 Å². The van der Waals surface area contributed by atoms with E-state index in [9.17, 15) is 4.79 Å². The fourth-order valence-electron chi connectivity index (χ4n) is 3.20. The van der Waals surface area contributed by atoms with Gasteiger partial charge in [-0.3, -0.25) is 4.90 Å². The molecule has 3 rings (SSSR count). The van der Waals surface area contributed by atoms with Gasteiger partial charge in [0, 0.05) is 43.7 Å². The zero-order valence-corrected chi connectivity index (χ0v) is 17.3. The number of amides is 2. The van der Waals surface area contributed by atoms with Crippen LogP contribution in [0.25, 0.3) is 0 Å². The number of urea groups is 1. The molecular formula is C21H27BrN4O. The van der Waals surface area contributed by atoms with Gasteiger partial charge in [-0.05, 0) is 30.3 Å². The first-order valence-corrected chi connectivity index (χ1v) is 10.1. The van der Waals surface area contributed by atoms with E-state index < -0.39 is 0 Å². The fraction of sp³-hybridized carbons (Fsp3) is 0.381. The summed E-state index contributed by atoms with van der Waals surface area (Å²) in [5.74, 6) is 0. The highest BCUT2D eigenvalue weighted by molar-refractivity contribution is 9.10. The lowest BCUT2D eigenvalue weighted by Crippen LogP contribution is -2.48. The standard InChI is InChI=1S/C21H27BrN4O/c1-25-11-13-26(14-12-25)16-20(18-5-3-2-4-6-18)24-21(27)23-15-17-7-9-19(22)10-8-17/h2-10,20H,11-16H2,1H3,(H2,23,24,27). The van der Waals surface area contributed by atoms with Gasteiger partial charge in [-0.25, -0.2) is 4.79 Å². The molecular weight excluding hydrogens is 404 g/mol. The molecule has 6 heteroatoms. The summed E-state index contributed by atoms with van der Waals surface area (Å²) in [6, 6.07) is 18.0. The number of carbonyl (C=O) groups excluding carboxylic acids is 1. The van der Waals surface area contributed by atoms with Gasteiger partial charge < -0.3 is 15.5 Å². The third kappa shape index (κ3) is 6.34. The van der Waals surface area contributed by atoms with Crippen molar-refractivity contribution >= 4 is 22.0 Å². The Bertz CT molecular complexity index is 715. The van der Waals surface area contributed by atoms with Gasteiger partial charge >= 0.3 is 6.03 Å². The van der Waals surface area contributed by atoms with Crippen molar-refractivity contribution in [2.45, 2.75) is 12.6 Å². The summed E-state index contributed by atoms with van der Waals surface area (Å²) in [7, 11) is 2.15. The maximum absolute atomic E-state index is 12.5. The van der Waals surface area contributed by atoms with Crippen LogP contribution in [0.5, 0.6) is 0 Å². The van der Waals surface area contributed by atoms with E-state index in [0.29, 0.717) is 6.54 Å². The van der Waals surface area contributed by atoms with Crippen LogP contribution >= 0.6 is 15.9 Å². The molecule has 1 atom stereocenters. The second-order valence-corrected chi connectivity index (χ2v) is 7.94. The highest BCUT2D eigenvalue weighted by atomic mass is 79.9. The Morgan fingerprint density at radius 3 is 2.37 bits per heavy atom. The molecule has 5 nitrogen and oxygen atoms in total. The minimum absolute atomic E-state index is 0.0282. The Morgan fingerprint density at radius 2 is 1.70 bits per heavy atom. The van der Waals surface area contributed by atoms with Gasteiger partial charge in [0.25, 0.3) is 0 Å². The largest absolute Gasteiger partial charge is 0.334 e. The second kappa shape index (κ2) is 9.88. The molecule has 2 aromatic rings. The predicted molar refractivity (Wildman–Crippen MR) is 113 cm³/mol. The molecule has 27 heavy (non-hydrogen) atoms. The van der Waals surface area contributed by atoms with Crippen molar-refractivity contribution in [3.05, 3.63) is 70.2 Å². The molecule has 1 unspecified atom stereocenters. The Labute approximate surface area is 169 Å². The minimum atomic E-state index is -0.138. The predicted octanol–water partition coefficient (Wildman–Crippen LogP) is 3.24. The zero-order valence-electron chi connectivity index (χ0n) is 15.7. The molecule has 2 aromatic carbocycles. The molecule has 1 aliphatic heterocycles. The summed E-state index contributed by atoms with van der Waals surface area (Å²) in [6.07, 6.45) is 0. The van der Waals surface area contributed by atoms with Crippen LogP contribution in [-0.2, 0) is 6.54 Å². The van der Waals surface area contributed by atoms with E-state index in [1.54, 1.807) is 0 Å². The van der Waals surface area contributed by atoms with Crippen molar-refractivity contribution in [2.75, 3.05) is 39.8 Å². The van der Waals surface area contributed by atoms with Crippen LogP contribution < -0.4 is 10.6 Å². The number of benzene rings is 2. The Kier molecular flexibility index (Phi) is 7.26. The van der Waals surface area contributed by atoms with Crippen molar-refractivity contribution in [1.82, 2.24) is 20.4 Å². The van der Waals surface area contributed by atoms with E-state index in [4.69, 9.17) is 0 Å². The van der Waals surface area contributed by atoms with Gasteiger partial charge in [-0.1, -0.05) is 58.4 Å². The van der Waals surface area contributed by atoms with Crippen molar-refractivity contribution < 1.29 is 4.79 Å². The van der Waals surface area contributed by atoms with E-state index in [2.05, 4.69) is 55.5 Å². The van der Waals surface area contributed by atoms with Crippen LogP contribution in [0.1, 0.15) is 17.2 Å². The first-order chi connectivity index (χ1) is 13.1. The first-order valence-electron chi connectivity index (χ1n) is 9.35. The van der Waals surface area contributed by atoms with Gasteiger partial charge in [-0.15, -0.1) is 0 Å². The molecule has 0 radical (unpaired) electrons. The van der Waals surface area contributed by atoms with E-state index in [-0.39, 0.29) is 12.1 Å². The molecule has 2 amide bonds. The number of nitrogens with one attached hydrogen (secondary N) is 2. The number of hydrogen-bond donors (Lipinski definition) is 2. The molecule has 1 fully saturated rings. The number of nitrogens with zero attached hydrogens (tertiary/aromatic N) is 2. The summed E-state index contributed by atoms with van der Waals surface area (Å²) in [5, 5.41) is 6.13. The number of hydrogen-bond acceptors (Lipinski definition) is 3. The molecule has 1 saturated heterocycles. The minimum Gasteiger partial charge on any atom is -0.334 e. The molecule has 144 valence electrons. The Morgan fingerprint density at radius 1 is 1.04 bits per heavy atom. The van der Waals surface area contributed by atoms with Crippen molar-refractivity contribution in [1.29, 1.82) is 0 Å². The van der Waals surface area contributed by atoms with Gasteiger partial charge in [0.15, 0.2) is 0 Å². The van der Waals surface area contributed by atoms with E-state index >= 15 is 0 Å². The Balaban J connectivity index is 1.58. The molecule has 0 aliphatic carbocycles. The van der Waals surface area contributed by atoms with Crippen LogP contribution in [0, 0.1) is 0 Å². The van der Waals surface area contributed by atoms with E-state index in [1.165, 1.54) is 0 Å². The second-order valence-electron chi connectivity index (χ2n) is 7.02. The van der Waals surface area contributed by atoms with Crippen molar-refractivity contribution in [2.24, 2.45) is 0 Å². The van der Waals surface area contributed by atoms with Crippen molar-refractivity contribution in [3.63, 3.8) is 0 Å². The smallest absolute Gasteiger partial charge is 0.315 e. The normalized spacial score (nSPS) is 16.7. The average molecular weight is 431 g/mol. The maximum Gasteiger partial charge on any atom is 0.315 e. The molecule has 1 aliphatic rings. The number of rotatable bonds is 6. The lowest BCUT2D eigenvalue weighted by molar-refractivity contribution is 0.142. The first kappa shape index (κ1) is 19.9. The van der Waals surface area contributed by atoms with Crippen LogP contribution in [0.15, 0.2) is 59.1 Å². The SMILES string of the molecule is CN1CCN(CC(NC(=O)NCc2ccc(Br)cc2)c2ccccc2)CC1. The number of carbonyl (C=O) groups is 1. The summed E-state index contributed by atoms with van der Waals surface area (Å²) in [5.41, 5.74) is 2.21. The van der Waals surface area contributed by atoms with Crippen molar-refractivity contribution in [3.8, 4) is 0 Å². The number of likely N-dealkylation sites (N-methyl/N-ethyl adjacent to an activating group) is 1. The van der Waals surface area contributed by atoms with E-state index in [0.717, 1.165) is 48.3 Å². The lowest BCUT2D eigenvalue weighted by Gasteiger charge is -2.35. The van der Waals surface area contributed by atoms with E-state index in [1.807, 2.05) is 42.5 Å². The number of piperazine rings is 1. The molecule has 1 heterocycles. The molecule has 0 bridgehead atoms. The third-order valence-electron chi connectivity index (χ3n) is 4.91. The monoisotopic (exact) mass is 430 g/mol. The average Bonchev–Trinajstić information content (AvgIpc) is 2.69. The Hall–Kier alpha value is -1.89. The maximum atomic E-state index is 12.5. The molecule has 0 aromatic heterocycles. The lowest BCUT2D eigenvalue weighted by atomic mass is 10.1. The van der Waals surface area contributed by atoms with Crippen LogP contribution in [0.3, 0.4) is 0 Å². The van der Waals surface area contributed by atoms with Crippen LogP contribution in [0.4, 0.5) is 4.79 Å². The summed E-state index contributed by atoms with van der Waals surface area (Å²) >= 11 is 3.43. The summed E-state index contributed by atoms with van der Waals surface area (Å²) in [4.78, 5) is 17.3. The highest BCUT2D eigenvalue weighted by Gasteiger charge is 2.21. The van der Waals surface area contributed by atoms with Crippen LogP contribution in [-0.4, -0.2) is 55.6 Å².